The molecule has 2 rings (SSSR count). The standard InChI is InChI=1S/C6H6ClNO.C6H4F3NO/c1-4-6(7)2-5(9)3-8-4;7-6(8,9)4-1-5(11)3-10-2-4/h2-3,9H,1H3;1-3,11H. The summed E-state index contributed by atoms with van der Waals surface area (Å²) in [6.45, 7) is 1.78. The van der Waals surface area contributed by atoms with Crippen molar-refractivity contribution in [3.63, 3.8) is 0 Å². The Balaban J connectivity index is 0.000000204. The molecule has 0 radical (unpaired) electrons. The Kier molecular flexibility index (Phi) is 5.15. The van der Waals surface area contributed by atoms with Crippen LogP contribution in [0.15, 0.2) is 30.7 Å². The summed E-state index contributed by atoms with van der Waals surface area (Å²) in [4.78, 5) is 6.98. The average molecular weight is 307 g/mol. The van der Waals surface area contributed by atoms with Crippen LogP contribution in [0.2, 0.25) is 5.02 Å². The molecule has 2 aromatic rings. The van der Waals surface area contributed by atoms with Gasteiger partial charge in [-0.15, -0.1) is 0 Å². The van der Waals surface area contributed by atoms with Crippen molar-refractivity contribution in [1.29, 1.82) is 0 Å². The molecule has 0 aliphatic heterocycles. The third-order valence-electron chi connectivity index (χ3n) is 2.06. The molecular formula is C12H10ClF3N2O2. The Labute approximate surface area is 117 Å². The maximum absolute atomic E-state index is 11.8. The fourth-order valence-electron chi connectivity index (χ4n) is 1.08. The van der Waals surface area contributed by atoms with Gasteiger partial charge in [0.1, 0.15) is 11.5 Å². The summed E-state index contributed by atoms with van der Waals surface area (Å²) < 4.78 is 35.5. The summed E-state index contributed by atoms with van der Waals surface area (Å²) in [5.41, 5.74) is -0.216. The van der Waals surface area contributed by atoms with Gasteiger partial charge in [0, 0.05) is 12.3 Å². The number of nitrogens with zero attached hydrogens (tertiary/aromatic N) is 2. The Bertz CT molecular complexity index is 591. The molecule has 2 N–H and O–H groups in total. The zero-order valence-corrected chi connectivity index (χ0v) is 10.9. The fraction of sp³-hybridized carbons (Fsp3) is 0.167. The van der Waals surface area contributed by atoms with Crippen LogP contribution in [-0.4, -0.2) is 20.2 Å². The van der Waals surface area contributed by atoms with Gasteiger partial charge in [-0.3, -0.25) is 9.97 Å². The highest BCUT2D eigenvalue weighted by Crippen LogP contribution is 2.29. The van der Waals surface area contributed by atoms with Gasteiger partial charge in [0.05, 0.1) is 28.7 Å². The summed E-state index contributed by atoms with van der Waals surface area (Å²) in [5, 5.41) is 17.9. The number of aryl methyl sites for hydroxylation is 1. The van der Waals surface area contributed by atoms with Crippen LogP contribution in [0.3, 0.4) is 0 Å². The number of aromatic nitrogens is 2. The molecule has 20 heavy (non-hydrogen) atoms. The number of hydrogen-bond acceptors (Lipinski definition) is 4. The number of rotatable bonds is 0. The number of alkyl halides is 3. The molecule has 2 aromatic heterocycles. The topological polar surface area (TPSA) is 66.2 Å². The zero-order valence-electron chi connectivity index (χ0n) is 10.2. The van der Waals surface area contributed by atoms with Crippen LogP contribution >= 0.6 is 11.6 Å². The smallest absolute Gasteiger partial charge is 0.418 e. The molecule has 0 saturated carbocycles. The third-order valence-corrected chi connectivity index (χ3v) is 2.44. The van der Waals surface area contributed by atoms with Crippen LogP contribution in [0.5, 0.6) is 11.5 Å². The molecule has 0 spiro atoms. The molecule has 4 nitrogen and oxygen atoms in total. The molecule has 0 fully saturated rings. The maximum Gasteiger partial charge on any atom is 0.418 e. The highest BCUT2D eigenvalue weighted by Gasteiger charge is 2.30. The average Bonchev–Trinajstić information content (AvgIpc) is 2.34. The first kappa shape index (κ1) is 16.0. The van der Waals surface area contributed by atoms with Crippen molar-refractivity contribution in [2.45, 2.75) is 13.1 Å². The Morgan fingerprint density at radius 1 is 1.05 bits per heavy atom. The molecule has 0 aliphatic carbocycles. The van der Waals surface area contributed by atoms with Crippen LogP contribution in [0, 0.1) is 6.92 Å². The number of hydrogen-bond donors (Lipinski definition) is 2. The summed E-state index contributed by atoms with van der Waals surface area (Å²) in [6, 6.07) is 2.08. The van der Waals surface area contributed by atoms with Gasteiger partial charge in [-0.25, -0.2) is 0 Å². The van der Waals surface area contributed by atoms with E-state index in [2.05, 4.69) is 9.97 Å². The molecule has 0 unspecified atom stereocenters. The minimum atomic E-state index is -4.44. The van der Waals surface area contributed by atoms with Gasteiger partial charge >= 0.3 is 6.18 Å². The summed E-state index contributed by atoms with van der Waals surface area (Å²) in [7, 11) is 0. The molecule has 0 bridgehead atoms. The van der Waals surface area contributed by atoms with Crippen molar-refractivity contribution in [3.05, 3.63) is 47.0 Å². The van der Waals surface area contributed by atoms with Gasteiger partial charge in [-0.1, -0.05) is 11.6 Å². The van der Waals surface area contributed by atoms with Crippen LogP contribution in [0.1, 0.15) is 11.3 Å². The van der Waals surface area contributed by atoms with Crippen molar-refractivity contribution >= 4 is 11.6 Å². The normalized spacial score (nSPS) is 10.7. The molecule has 8 heteroatoms. The lowest BCUT2D eigenvalue weighted by atomic mass is 10.3. The second kappa shape index (κ2) is 6.42. The van der Waals surface area contributed by atoms with Gasteiger partial charge in [0.25, 0.3) is 0 Å². The molecular weight excluding hydrogens is 297 g/mol. The number of halogens is 4. The van der Waals surface area contributed by atoms with E-state index in [-0.39, 0.29) is 5.75 Å². The molecule has 108 valence electrons. The van der Waals surface area contributed by atoms with Gasteiger partial charge < -0.3 is 10.2 Å². The predicted molar refractivity (Wildman–Crippen MR) is 66.6 cm³/mol. The molecule has 0 aromatic carbocycles. The maximum atomic E-state index is 11.8. The van der Waals surface area contributed by atoms with E-state index in [0.29, 0.717) is 17.3 Å². The van der Waals surface area contributed by atoms with Crippen LogP contribution < -0.4 is 0 Å². The second-order valence-corrected chi connectivity index (χ2v) is 4.10. The second-order valence-electron chi connectivity index (χ2n) is 3.69. The number of pyridine rings is 2. The Morgan fingerprint density at radius 3 is 2.05 bits per heavy atom. The van der Waals surface area contributed by atoms with Gasteiger partial charge in [0.2, 0.25) is 0 Å². The molecule has 0 amide bonds. The largest absolute Gasteiger partial charge is 0.506 e. The minimum absolute atomic E-state index is 0.102. The van der Waals surface area contributed by atoms with Gasteiger partial charge in [-0.2, -0.15) is 13.2 Å². The van der Waals surface area contributed by atoms with Crippen molar-refractivity contribution in [1.82, 2.24) is 9.97 Å². The van der Waals surface area contributed by atoms with E-state index in [4.69, 9.17) is 21.8 Å². The SMILES string of the molecule is Cc1ncc(O)cc1Cl.Oc1cncc(C(F)(F)F)c1. The summed E-state index contributed by atoms with van der Waals surface area (Å²) in [5.74, 6) is -0.384. The molecule has 0 aliphatic rings. The van der Waals surface area contributed by atoms with Crippen molar-refractivity contribution in [3.8, 4) is 11.5 Å². The fourth-order valence-corrected chi connectivity index (χ4v) is 1.24. The van der Waals surface area contributed by atoms with Crippen molar-refractivity contribution in [2.24, 2.45) is 0 Å². The lowest BCUT2D eigenvalue weighted by Gasteiger charge is -2.04. The first-order chi connectivity index (χ1) is 9.20. The lowest BCUT2D eigenvalue weighted by molar-refractivity contribution is -0.137. The minimum Gasteiger partial charge on any atom is -0.506 e. The third kappa shape index (κ3) is 4.93. The molecule has 0 atom stereocenters. The van der Waals surface area contributed by atoms with Crippen LogP contribution in [-0.2, 0) is 6.18 Å². The first-order valence-electron chi connectivity index (χ1n) is 5.22. The summed E-state index contributed by atoms with van der Waals surface area (Å²) >= 11 is 5.59. The number of aromatic hydroxyl groups is 2. The van der Waals surface area contributed by atoms with E-state index in [1.165, 1.54) is 12.3 Å². The van der Waals surface area contributed by atoms with E-state index in [1.807, 2.05) is 0 Å². The highest BCUT2D eigenvalue weighted by molar-refractivity contribution is 6.31. The van der Waals surface area contributed by atoms with Crippen LogP contribution in [0.25, 0.3) is 0 Å². The van der Waals surface area contributed by atoms with E-state index >= 15 is 0 Å². The van der Waals surface area contributed by atoms with E-state index < -0.39 is 17.5 Å². The van der Waals surface area contributed by atoms with E-state index in [0.717, 1.165) is 11.9 Å². The van der Waals surface area contributed by atoms with Crippen molar-refractivity contribution < 1.29 is 23.4 Å². The zero-order chi connectivity index (χ0) is 15.3. The quantitative estimate of drug-likeness (QED) is 0.781. The Morgan fingerprint density at radius 2 is 1.65 bits per heavy atom. The van der Waals surface area contributed by atoms with Gasteiger partial charge in [0.15, 0.2) is 0 Å². The first-order valence-corrected chi connectivity index (χ1v) is 5.60. The van der Waals surface area contributed by atoms with Crippen LogP contribution in [0.4, 0.5) is 13.2 Å². The predicted octanol–water partition coefficient (Wildman–Crippen LogP) is 3.56. The summed E-state index contributed by atoms with van der Waals surface area (Å²) in [6.07, 6.45) is -1.48. The lowest BCUT2D eigenvalue weighted by Crippen LogP contribution is -2.04. The molecule has 2 heterocycles. The van der Waals surface area contributed by atoms with Crippen molar-refractivity contribution in [2.75, 3.05) is 0 Å². The monoisotopic (exact) mass is 306 g/mol. The van der Waals surface area contributed by atoms with Gasteiger partial charge in [-0.05, 0) is 13.0 Å². The van der Waals surface area contributed by atoms with E-state index in [9.17, 15) is 13.2 Å². The molecule has 0 saturated heterocycles. The highest BCUT2D eigenvalue weighted by atomic mass is 35.5. The Hall–Kier alpha value is -2.02. The van der Waals surface area contributed by atoms with E-state index in [1.54, 1.807) is 6.92 Å².